The Balaban J connectivity index is 2.29. The lowest BCUT2D eigenvalue weighted by atomic mass is 10.2. The number of nitrogens with zero attached hydrogens (tertiary/aromatic N) is 2. The molecule has 0 saturated heterocycles. The molecule has 0 amide bonds. The summed E-state index contributed by atoms with van der Waals surface area (Å²) < 4.78 is 72.2. The van der Waals surface area contributed by atoms with Crippen LogP contribution in [0.25, 0.3) is 16.6 Å². The minimum atomic E-state index is -4.89. The highest BCUT2D eigenvalue weighted by Gasteiger charge is 2.31. The second-order valence-electron chi connectivity index (χ2n) is 7.18. The van der Waals surface area contributed by atoms with Crippen LogP contribution in [0.1, 0.15) is 30.8 Å². The van der Waals surface area contributed by atoms with Gasteiger partial charge in [0.2, 0.25) is 11.1 Å². The number of sulfone groups is 1. The van der Waals surface area contributed by atoms with Crippen LogP contribution in [0.15, 0.2) is 52.2 Å². The van der Waals surface area contributed by atoms with Crippen LogP contribution in [0.5, 0.6) is 5.75 Å². The molecule has 3 aromatic rings. The van der Waals surface area contributed by atoms with Gasteiger partial charge in [0.05, 0.1) is 27.6 Å². The van der Waals surface area contributed by atoms with Crippen molar-refractivity contribution in [3.05, 3.63) is 58.4 Å². The van der Waals surface area contributed by atoms with E-state index in [0.29, 0.717) is 6.42 Å². The summed E-state index contributed by atoms with van der Waals surface area (Å²) in [6.07, 6.45) is -4.05. The summed E-state index contributed by atoms with van der Waals surface area (Å²) >= 11 is 0. The average Bonchev–Trinajstić information content (AvgIpc) is 2.72. The van der Waals surface area contributed by atoms with Gasteiger partial charge in [-0.25, -0.2) is 17.9 Å². The highest BCUT2D eigenvalue weighted by atomic mass is 32.2. The van der Waals surface area contributed by atoms with Gasteiger partial charge in [-0.3, -0.25) is 4.79 Å². The summed E-state index contributed by atoms with van der Waals surface area (Å²) in [6, 6.07) is 8.48. The van der Waals surface area contributed by atoms with Crippen molar-refractivity contribution in [2.45, 2.75) is 37.6 Å². The van der Waals surface area contributed by atoms with Crippen molar-refractivity contribution in [2.24, 2.45) is 0 Å². The Morgan fingerprint density at radius 3 is 2.33 bits per heavy atom. The molecule has 0 spiro atoms. The summed E-state index contributed by atoms with van der Waals surface area (Å²) in [5, 5.41) is 3.77. The van der Waals surface area contributed by atoms with Crippen molar-refractivity contribution in [3.63, 3.8) is 0 Å². The number of fused-ring (bicyclic) bond motifs is 1. The zero-order chi connectivity index (χ0) is 24.6. The highest BCUT2D eigenvalue weighted by molar-refractivity contribution is 7.91. The number of hydrogen-bond acceptors (Lipinski definition) is 7. The van der Waals surface area contributed by atoms with Crippen molar-refractivity contribution >= 4 is 26.7 Å². The molecule has 0 bridgehead atoms. The third-order valence-electron chi connectivity index (χ3n) is 4.67. The smallest absolute Gasteiger partial charge is 0.458 e. The fraction of sp³-hybridized carbons (Fsp3) is 0.286. The lowest BCUT2D eigenvalue weighted by Gasteiger charge is -2.15. The van der Waals surface area contributed by atoms with Crippen LogP contribution in [-0.2, 0) is 14.6 Å². The number of carbonyl (C=O) groups is 1. The fourth-order valence-corrected chi connectivity index (χ4v) is 3.89. The number of benzene rings is 2. The predicted molar refractivity (Wildman–Crippen MR) is 112 cm³/mol. The third-order valence-corrected chi connectivity index (χ3v) is 5.80. The minimum absolute atomic E-state index is 0.0347. The van der Waals surface area contributed by atoms with E-state index in [2.05, 4.69) is 9.84 Å². The highest BCUT2D eigenvalue weighted by Crippen LogP contribution is 2.26. The van der Waals surface area contributed by atoms with Gasteiger partial charge < -0.3 is 9.47 Å². The van der Waals surface area contributed by atoms with Gasteiger partial charge in [0, 0.05) is 6.26 Å². The van der Waals surface area contributed by atoms with E-state index in [1.54, 1.807) is 13.8 Å². The third kappa shape index (κ3) is 5.33. The summed E-state index contributed by atoms with van der Waals surface area (Å²) in [4.78, 5) is 25.4. The normalized spacial score (nSPS) is 13.0. The van der Waals surface area contributed by atoms with Crippen LogP contribution in [0.4, 0.5) is 13.2 Å². The van der Waals surface area contributed by atoms with Crippen molar-refractivity contribution in [1.29, 1.82) is 0 Å². The van der Waals surface area contributed by atoms with Crippen molar-refractivity contribution in [1.82, 2.24) is 9.78 Å². The van der Waals surface area contributed by atoms with Gasteiger partial charge in [-0.05, 0) is 49.7 Å². The number of aromatic nitrogens is 2. The maximum Gasteiger partial charge on any atom is 0.573 e. The van der Waals surface area contributed by atoms with E-state index in [0.717, 1.165) is 23.1 Å². The van der Waals surface area contributed by atoms with E-state index in [1.165, 1.54) is 30.3 Å². The van der Waals surface area contributed by atoms with Crippen LogP contribution < -0.4 is 10.2 Å². The molecule has 8 nitrogen and oxygen atoms in total. The first kappa shape index (κ1) is 24.2. The first-order valence-electron chi connectivity index (χ1n) is 9.65. The molecule has 0 aliphatic rings. The molecule has 176 valence electrons. The van der Waals surface area contributed by atoms with Crippen LogP contribution >= 0.6 is 0 Å². The number of rotatable bonds is 6. The van der Waals surface area contributed by atoms with E-state index < -0.39 is 45.1 Å². The fourth-order valence-electron chi connectivity index (χ4n) is 2.99. The van der Waals surface area contributed by atoms with E-state index in [-0.39, 0.29) is 21.5 Å². The van der Waals surface area contributed by atoms with Gasteiger partial charge in [0.15, 0.2) is 9.84 Å². The Hall–Kier alpha value is -3.41. The minimum Gasteiger partial charge on any atom is -0.458 e. The first-order valence-corrected chi connectivity index (χ1v) is 11.5. The lowest BCUT2D eigenvalue weighted by Crippen LogP contribution is -2.27. The van der Waals surface area contributed by atoms with Crippen LogP contribution in [0.3, 0.4) is 0 Å². The number of halogens is 3. The zero-order valence-corrected chi connectivity index (χ0v) is 18.5. The Morgan fingerprint density at radius 2 is 1.79 bits per heavy atom. The Kier molecular flexibility index (Phi) is 6.50. The van der Waals surface area contributed by atoms with Crippen molar-refractivity contribution < 1.29 is 35.9 Å². The number of ether oxygens (including phenoxy) is 2. The molecule has 0 radical (unpaired) electrons. The molecule has 1 aromatic heterocycles. The second-order valence-corrected chi connectivity index (χ2v) is 9.16. The van der Waals surface area contributed by atoms with E-state index in [1.807, 2.05) is 0 Å². The molecule has 1 atom stereocenters. The summed E-state index contributed by atoms with van der Waals surface area (Å²) in [5.74, 6) is -1.55. The van der Waals surface area contributed by atoms with Gasteiger partial charge in [0.1, 0.15) is 5.75 Å². The molecule has 1 heterocycles. The van der Waals surface area contributed by atoms with Gasteiger partial charge in [-0.1, -0.05) is 13.0 Å². The summed E-state index contributed by atoms with van der Waals surface area (Å²) in [5.41, 5.74) is -1.41. The van der Waals surface area contributed by atoms with Gasteiger partial charge in [0.25, 0.3) is 0 Å². The monoisotopic (exact) mass is 484 g/mol. The van der Waals surface area contributed by atoms with Gasteiger partial charge in [-0.2, -0.15) is 5.10 Å². The number of esters is 1. The van der Waals surface area contributed by atoms with Crippen LogP contribution in [-0.4, -0.2) is 42.9 Å². The topological polar surface area (TPSA) is 105 Å². The van der Waals surface area contributed by atoms with Crippen LogP contribution in [0, 0.1) is 0 Å². The molecule has 0 saturated carbocycles. The van der Waals surface area contributed by atoms with Crippen molar-refractivity contribution in [2.75, 3.05) is 6.26 Å². The van der Waals surface area contributed by atoms with E-state index in [4.69, 9.17) is 4.74 Å². The Labute approximate surface area is 186 Å². The molecule has 0 aliphatic heterocycles. The van der Waals surface area contributed by atoms with E-state index >= 15 is 0 Å². The SMILES string of the molecule is CCC(C)OC(=O)c1nn(-c2ccc(OC(F)(F)F)cc2)c2cccc(S(C)(=O)=O)c2c1=O. The number of carbonyl (C=O) groups excluding carboxylic acids is 1. The molecule has 2 aromatic carbocycles. The molecule has 33 heavy (non-hydrogen) atoms. The Morgan fingerprint density at radius 1 is 1.15 bits per heavy atom. The molecule has 12 heteroatoms. The molecule has 3 rings (SSSR count). The van der Waals surface area contributed by atoms with Gasteiger partial charge >= 0.3 is 12.3 Å². The number of hydrogen-bond donors (Lipinski definition) is 0. The van der Waals surface area contributed by atoms with Gasteiger partial charge in [-0.15, -0.1) is 13.2 Å². The summed E-state index contributed by atoms with van der Waals surface area (Å²) in [7, 11) is -3.89. The summed E-state index contributed by atoms with van der Waals surface area (Å²) in [6.45, 7) is 3.37. The predicted octanol–water partition coefficient (Wildman–Crippen LogP) is 3.64. The van der Waals surface area contributed by atoms with E-state index in [9.17, 15) is 31.2 Å². The second kappa shape index (κ2) is 8.85. The standard InChI is InChI=1S/C21H19F3N2O6S/c1-4-12(2)31-20(28)18-19(27)17-15(6-5-7-16(17)33(3,29)30)26(25-18)13-8-10-14(11-9-13)32-21(22,23)24/h5-12H,4H2,1-3H3. The Bertz CT molecular complexity index is 1370. The maximum atomic E-state index is 13.1. The molecule has 0 N–H and O–H groups in total. The quantitative estimate of drug-likeness (QED) is 0.492. The first-order chi connectivity index (χ1) is 15.3. The van der Waals surface area contributed by atoms with Crippen molar-refractivity contribution in [3.8, 4) is 11.4 Å². The molecular weight excluding hydrogens is 465 g/mol. The average molecular weight is 484 g/mol. The molecule has 1 unspecified atom stereocenters. The largest absolute Gasteiger partial charge is 0.573 e. The maximum absolute atomic E-state index is 13.1. The zero-order valence-electron chi connectivity index (χ0n) is 17.7. The van der Waals surface area contributed by atoms with Crippen LogP contribution in [0.2, 0.25) is 0 Å². The molecular formula is C21H19F3N2O6S. The number of alkyl halides is 3. The lowest BCUT2D eigenvalue weighted by molar-refractivity contribution is -0.274. The molecule has 0 aliphatic carbocycles. The molecule has 0 fully saturated rings.